The average molecular weight is 706 g/mol. The minimum atomic E-state index is -1.47. The Morgan fingerprint density at radius 3 is 2.52 bits per heavy atom. The van der Waals surface area contributed by atoms with E-state index >= 15 is 0 Å². The Morgan fingerprint density at radius 1 is 1.10 bits per heavy atom. The summed E-state index contributed by atoms with van der Waals surface area (Å²) >= 11 is 0. The highest BCUT2D eigenvalue weighted by Crippen LogP contribution is 2.47. The number of nitrogens with zero attached hydrogens (tertiary/aromatic N) is 2. The number of benzene rings is 1. The fourth-order valence-electron chi connectivity index (χ4n) is 7.18. The van der Waals surface area contributed by atoms with Crippen LogP contribution in [-0.4, -0.2) is 98.8 Å². The minimum absolute atomic E-state index is 0.0346. The molecule has 7 atom stereocenters. The molecule has 0 aromatic heterocycles. The van der Waals surface area contributed by atoms with Crippen LogP contribution in [0.15, 0.2) is 18.2 Å². The molecule has 1 saturated carbocycles. The van der Waals surface area contributed by atoms with Crippen molar-refractivity contribution in [2.24, 2.45) is 5.92 Å². The van der Waals surface area contributed by atoms with Gasteiger partial charge in [0.2, 0.25) is 18.2 Å². The summed E-state index contributed by atoms with van der Waals surface area (Å²) in [6.07, 6.45) is 1.76. The van der Waals surface area contributed by atoms with Crippen molar-refractivity contribution >= 4 is 23.8 Å². The van der Waals surface area contributed by atoms with E-state index in [0.29, 0.717) is 36.8 Å². The van der Waals surface area contributed by atoms with Gasteiger partial charge in [-0.2, -0.15) is 0 Å². The summed E-state index contributed by atoms with van der Waals surface area (Å²) < 4.78 is 25.9. The Balaban J connectivity index is 1.37. The standard InChI is InChI=1S/C35H52FN5O9/c1-21(42)20-48-39-31(45)35-16-23(35)12-8-6-5-7-9-14-27(37-32(46)50-34(2,3)4)30(44)41-18-24(15-28(41)29(43)38-35)49-33(47)40-17-22-11-10-13-26(36)25(22)19-40/h10-11,13,21,23-24,27-28,32,37,42,46H,5-9,12,14-20H2,1-4H3,(H,38,43)(H,39,45)/t21-,23+,24+,27-,28-,32?,35+/m0/s1. The van der Waals surface area contributed by atoms with Crippen molar-refractivity contribution in [1.82, 2.24) is 25.9 Å². The minimum Gasteiger partial charge on any atom is -0.444 e. The Labute approximate surface area is 292 Å². The smallest absolute Gasteiger partial charge is 0.410 e. The summed E-state index contributed by atoms with van der Waals surface area (Å²) in [4.78, 5) is 63.1. The molecule has 1 aromatic rings. The quantitative estimate of drug-likeness (QED) is 0.199. The summed E-state index contributed by atoms with van der Waals surface area (Å²) in [5, 5.41) is 26.1. The van der Waals surface area contributed by atoms with Gasteiger partial charge in [-0.1, -0.05) is 44.2 Å². The van der Waals surface area contributed by atoms with Crippen LogP contribution in [0.4, 0.5) is 9.18 Å². The Kier molecular flexibility index (Phi) is 12.0. The van der Waals surface area contributed by atoms with Crippen molar-refractivity contribution in [2.45, 2.75) is 140 Å². The van der Waals surface area contributed by atoms with Gasteiger partial charge in [-0.05, 0) is 64.5 Å². The molecule has 50 heavy (non-hydrogen) atoms. The average Bonchev–Trinajstić information content (AvgIpc) is 3.33. The van der Waals surface area contributed by atoms with Gasteiger partial charge < -0.3 is 29.9 Å². The first-order valence-electron chi connectivity index (χ1n) is 17.7. The van der Waals surface area contributed by atoms with Gasteiger partial charge in [-0.15, -0.1) is 0 Å². The largest absolute Gasteiger partial charge is 0.444 e. The Hall–Kier alpha value is -3.37. The molecule has 1 unspecified atom stereocenters. The predicted octanol–water partition coefficient (Wildman–Crippen LogP) is 2.34. The lowest BCUT2D eigenvalue weighted by Gasteiger charge is -2.32. The van der Waals surface area contributed by atoms with Gasteiger partial charge in [-0.25, -0.2) is 14.7 Å². The molecule has 278 valence electrons. The molecule has 3 heterocycles. The number of hydrogen-bond donors (Lipinski definition) is 5. The van der Waals surface area contributed by atoms with E-state index in [-0.39, 0.29) is 38.6 Å². The zero-order valence-electron chi connectivity index (χ0n) is 29.4. The van der Waals surface area contributed by atoms with E-state index in [4.69, 9.17) is 14.3 Å². The molecule has 5 rings (SSSR count). The van der Waals surface area contributed by atoms with Gasteiger partial charge >= 0.3 is 6.09 Å². The molecule has 1 aromatic carbocycles. The molecule has 0 spiro atoms. The third-order valence-corrected chi connectivity index (χ3v) is 9.80. The third kappa shape index (κ3) is 9.29. The molecule has 4 amide bonds. The Morgan fingerprint density at radius 2 is 1.82 bits per heavy atom. The summed E-state index contributed by atoms with van der Waals surface area (Å²) in [6, 6.07) is 2.65. The summed E-state index contributed by atoms with van der Waals surface area (Å²) in [6.45, 7) is 6.80. The number of carbonyl (C=O) groups is 4. The van der Waals surface area contributed by atoms with Gasteiger partial charge in [-0.3, -0.25) is 29.4 Å². The van der Waals surface area contributed by atoms with Crippen molar-refractivity contribution < 1.29 is 48.1 Å². The number of aliphatic hydroxyl groups is 2. The van der Waals surface area contributed by atoms with Crippen LogP contribution >= 0.6 is 0 Å². The number of amides is 4. The predicted molar refractivity (Wildman–Crippen MR) is 177 cm³/mol. The van der Waals surface area contributed by atoms with E-state index in [9.17, 15) is 33.8 Å². The first kappa shape index (κ1) is 37.9. The van der Waals surface area contributed by atoms with Crippen LogP contribution < -0.4 is 16.1 Å². The van der Waals surface area contributed by atoms with E-state index in [1.165, 1.54) is 22.8 Å². The molecule has 0 bridgehead atoms. The maximum Gasteiger partial charge on any atom is 0.410 e. The highest BCUT2D eigenvalue weighted by atomic mass is 19.1. The molecule has 0 radical (unpaired) electrons. The van der Waals surface area contributed by atoms with Crippen LogP contribution in [0.1, 0.15) is 96.6 Å². The number of ether oxygens (including phenoxy) is 2. The van der Waals surface area contributed by atoms with Gasteiger partial charge in [0.25, 0.3) is 5.91 Å². The van der Waals surface area contributed by atoms with E-state index in [2.05, 4.69) is 16.1 Å². The lowest BCUT2D eigenvalue weighted by atomic mass is 10.0. The zero-order valence-corrected chi connectivity index (χ0v) is 29.4. The number of rotatable bonds is 8. The van der Waals surface area contributed by atoms with Crippen LogP contribution in [0.5, 0.6) is 0 Å². The second kappa shape index (κ2) is 15.9. The molecule has 3 fully saturated rings. The van der Waals surface area contributed by atoms with Crippen molar-refractivity contribution in [3.8, 4) is 0 Å². The molecule has 4 aliphatic rings. The molecule has 2 saturated heterocycles. The fraction of sp³-hybridized carbons (Fsp3) is 0.714. The first-order valence-corrected chi connectivity index (χ1v) is 17.7. The molecule has 15 heteroatoms. The normalized spacial score (nSPS) is 28.7. The SMILES string of the molecule is C[C@H](O)CONC(=O)[C@@]12C[C@H]1CCCCCCC[C@H](NC(O)OC(C)(C)C)C(=O)N1C[C@H](OC(=O)N3Cc4cccc(F)c4C3)C[C@H]1C(=O)N2. The van der Waals surface area contributed by atoms with Gasteiger partial charge in [0, 0.05) is 18.5 Å². The molecular formula is C35H52FN5O9. The second-order valence-corrected chi connectivity index (χ2v) is 15.1. The van der Waals surface area contributed by atoms with E-state index in [1.807, 2.05) is 0 Å². The second-order valence-electron chi connectivity index (χ2n) is 15.1. The maximum atomic E-state index is 14.4. The summed E-state index contributed by atoms with van der Waals surface area (Å²) in [5.41, 5.74) is 1.50. The van der Waals surface area contributed by atoms with Crippen molar-refractivity contribution in [3.63, 3.8) is 0 Å². The number of hydroxylamine groups is 1. The first-order chi connectivity index (χ1) is 23.7. The Bertz CT molecular complexity index is 1410. The highest BCUT2D eigenvalue weighted by Gasteiger charge is 2.61. The number of halogens is 1. The summed E-state index contributed by atoms with van der Waals surface area (Å²) in [5.74, 6) is -2.15. The topological polar surface area (TPSA) is 179 Å². The lowest BCUT2D eigenvalue weighted by molar-refractivity contribution is -0.188. The zero-order chi connectivity index (χ0) is 36.2. The highest BCUT2D eigenvalue weighted by molar-refractivity contribution is 5.97. The van der Waals surface area contributed by atoms with Gasteiger partial charge in [0.05, 0.1) is 30.8 Å². The molecule has 5 N–H and O–H groups in total. The molecule has 14 nitrogen and oxygen atoms in total. The van der Waals surface area contributed by atoms with Crippen molar-refractivity contribution in [3.05, 3.63) is 35.1 Å². The van der Waals surface area contributed by atoms with Crippen LogP contribution in [0.3, 0.4) is 0 Å². The maximum absolute atomic E-state index is 14.4. The lowest BCUT2D eigenvalue weighted by Crippen LogP contribution is -2.58. The number of fused-ring (bicyclic) bond motifs is 3. The fourth-order valence-corrected chi connectivity index (χ4v) is 7.18. The van der Waals surface area contributed by atoms with Crippen LogP contribution in [0.25, 0.3) is 0 Å². The molecular weight excluding hydrogens is 653 g/mol. The number of nitrogens with one attached hydrogen (secondary N) is 3. The van der Waals surface area contributed by atoms with E-state index in [1.54, 1.807) is 32.9 Å². The molecule has 3 aliphatic heterocycles. The summed E-state index contributed by atoms with van der Waals surface area (Å²) in [7, 11) is 0. The van der Waals surface area contributed by atoms with Crippen LogP contribution in [0.2, 0.25) is 0 Å². The van der Waals surface area contributed by atoms with Gasteiger partial charge in [0.1, 0.15) is 30.1 Å². The van der Waals surface area contributed by atoms with E-state index in [0.717, 1.165) is 25.7 Å². The third-order valence-electron chi connectivity index (χ3n) is 9.80. The number of aliphatic hydroxyl groups excluding tert-OH is 2. The van der Waals surface area contributed by atoms with Crippen molar-refractivity contribution in [1.29, 1.82) is 0 Å². The van der Waals surface area contributed by atoms with E-state index < -0.39 is 71.5 Å². The van der Waals surface area contributed by atoms with Gasteiger partial charge in [0.15, 0.2) is 0 Å². The molecule has 1 aliphatic carbocycles. The van der Waals surface area contributed by atoms with Crippen LogP contribution in [-0.2, 0) is 41.8 Å². The monoisotopic (exact) mass is 705 g/mol. The van der Waals surface area contributed by atoms with Crippen LogP contribution in [0, 0.1) is 11.7 Å². The number of carbonyl (C=O) groups excluding carboxylic acids is 4. The van der Waals surface area contributed by atoms with Crippen molar-refractivity contribution in [2.75, 3.05) is 13.2 Å². The number of hydrogen-bond acceptors (Lipinski definition) is 10.